The zero-order valence-electron chi connectivity index (χ0n) is 15.4. The van der Waals surface area contributed by atoms with Gasteiger partial charge < -0.3 is 15.5 Å². The highest BCUT2D eigenvalue weighted by Crippen LogP contribution is 2.13. The number of piperazine rings is 1. The molecule has 1 aliphatic heterocycles. The zero-order chi connectivity index (χ0) is 17.4. The van der Waals surface area contributed by atoms with Crippen LogP contribution in [0.2, 0.25) is 0 Å². The summed E-state index contributed by atoms with van der Waals surface area (Å²) in [5.41, 5.74) is 1.54. The first-order chi connectivity index (χ1) is 10.8. The monoisotopic (exact) mass is 310 g/mol. The maximum absolute atomic E-state index is 11.3. The molecular formula is C17H34N4O. The van der Waals surface area contributed by atoms with E-state index in [9.17, 15) is 4.79 Å². The summed E-state index contributed by atoms with van der Waals surface area (Å²) >= 11 is 0. The molecule has 0 aromatic carbocycles. The van der Waals surface area contributed by atoms with Gasteiger partial charge in [0, 0.05) is 33.2 Å². The fourth-order valence-corrected chi connectivity index (χ4v) is 1.76. The second-order valence-corrected chi connectivity index (χ2v) is 3.72. The molecule has 128 valence electrons. The first-order valence-corrected chi connectivity index (χ1v) is 8.45. The third kappa shape index (κ3) is 7.98. The predicted octanol–water partition coefficient (Wildman–Crippen LogP) is 2.93. The van der Waals surface area contributed by atoms with Crippen molar-refractivity contribution in [3.63, 3.8) is 0 Å². The molecule has 5 heteroatoms. The number of carbonyl (C=O) groups is 1. The summed E-state index contributed by atoms with van der Waals surface area (Å²) in [7, 11) is 1.61. The van der Waals surface area contributed by atoms with E-state index in [2.05, 4.69) is 20.5 Å². The summed E-state index contributed by atoms with van der Waals surface area (Å²) in [6, 6.07) is 3.71. The van der Waals surface area contributed by atoms with E-state index in [4.69, 9.17) is 0 Å². The highest BCUT2D eigenvalue weighted by Gasteiger charge is 2.11. The Balaban J connectivity index is 0. The second kappa shape index (κ2) is 15.8. The van der Waals surface area contributed by atoms with Gasteiger partial charge in [0.1, 0.15) is 5.69 Å². The van der Waals surface area contributed by atoms with E-state index in [1.165, 1.54) is 0 Å². The molecule has 1 aliphatic rings. The minimum atomic E-state index is -0.146. The van der Waals surface area contributed by atoms with Crippen molar-refractivity contribution in [3.8, 4) is 0 Å². The van der Waals surface area contributed by atoms with Gasteiger partial charge in [0.15, 0.2) is 0 Å². The summed E-state index contributed by atoms with van der Waals surface area (Å²) in [5.74, 6) is -0.146. The maximum atomic E-state index is 11.3. The van der Waals surface area contributed by atoms with Crippen molar-refractivity contribution >= 4 is 11.6 Å². The van der Waals surface area contributed by atoms with Crippen molar-refractivity contribution in [2.24, 2.45) is 0 Å². The number of hydrogen-bond acceptors (Lipinski definition) is 4. The van der Waals surface area contributed by atoms with Crippen molar-refractivity contribution in [2.45, 2.75) is 41.5 Å². The number of carbonyl (C=O) groups excluding carboxylic acids is 1. The van der Waals surface area contributed by atoms with Crippen LogP contribution < -0.4 is 15.5 Å². The van der Waals surface area contributed by atoms with Crippen LogP contribution in [0.15, 0.2) is 18.3 Å². The zero-order valence-corrected chi connectivity index (χ0v) is 15.4. The molecule has 0 saturated carbocycles. The van der Waals surface area contributed by atoms with Gasteiger partial charge in [-0.3, -0.25) is 4.79 Å². The lowest BCUT2D eigenvalue weighted by Gasteiger charge is -2.29. The largest absolute Gasteiger partial charge is 0.368 e. The van der Waals surface area contributed by atoms with Gasteiger partial charge in [-0.05, 0) is 12.1 Å². The van der Waals surface area contributed by atoms with Crippen molar-refractivity contribution in [3.05, 3.63) is 24.0 Å². The minimum Gasteiger partial charge on any atom is -0.368 e. The lowest BCUT2D eigenvalue weighted by Crippen LogP contribution is -2.43. The molecule has 0 radical (unpaired) electrons. The molecule has 5 nitrogen and oxygen atoms in total. The molecule has 0 unspecified atom stereocenters. The molecule has 1 amide bonds. The van der Waals surface area contributed by atoms with E-state index in [0.29, 0.717) is 5.69 Å². The molecule has 1 saturated heterocycles. The van der Waals surface area contributed by atoms with Gasteiger partial charge in [0.25, 0.3) is 5.91 Å². The lowest BCUT2D eigenvalue weighted by atomic mass is 10.2. The Labute approximate surface area is 136 Å². The average molecular weight is 310 g/mol. The van der Waals surface area contributed by atoms with E-state index >= 15 is 0 Å². The Hall–Kier alpha value is -1.62. The smallest absolute Gasteiger partial charge is 0.269 e. The van der Waals surface area contributed by atoms with Crippen LogP contribution in [0, 0.1) is 0 Å². The number of rotatable bonds is 2. The number of nitrogens with one attached hydrogen (secondary N) is 2. The maximum Gasteiger partial charge on any atom is 0.269 e. The van der Waals surface area contributed by atoms with Gasteiger partial charge in [-0.2, -0.15) is 0 Å². The number of hydrogen-bond donors (Lipinski definition) is 2. The second-order valence-electron chi connectivity index (χ2n) is 3.72. The quantitative estimate of drug-likeness (QED) is 0.882. The number of amides is 1. The third-order valence-electron chi connectivity index (χ3n) is 2.69. The number of pyridine rings is 1. The minimum absolute atomic E-state index is 0.146. The van der Waals surface area contributed by atoms with Crippen LogP contribution in [0.5, 0.6) is 0 Å². The molecule has 1 aromatic rings. The van der Waals surface area contributed by atoms with Gasteiger partial charge in [0.2, 0.25) is 0 Å². The summed E-state index contributed by atoms with van der Waals surface area (Å²) in [5, 5.41) is 5.85. The van der Waals surface area contributed by atoms with E-state index in [1.807, 2.05) is 47.6 Å². The van der Waals surface area contributed by atoms with E-state index in [-0.39, 0.29) is 5.91 Å². The van der Waals surface area contributed by atoms with Crippen molar-refractivity contribution in [2.75, 3.05) is 38.1 Å². The summed E-state index contributed by atoms with van der Waals surface area (Å²) < 4.78 is 0. The molecule has 1 fully saturated rings. The molecule has 2 heterocycles. The van der Waals surface area contributed by atoms with E-state index < -0.39 is 0 Å². The molecule has 0 aliphatic carbocycles. The van der Waals surface area contributed by atoms with Crippen LogP contribution in [0.4, 0.5) is 5.69 Å². The molecule has 0 spiro atoms. The molecule has 0 bridgehead atoms. The van der Waals surface area contributed by atoms with Crippen molar-refractivity contribution in [1.29, 1.82) is 0 Å². The van der Waals surface area contributed by atoms with Gasteiger partial charge in [0.05, 0.1) is 11.9 Å². The Bertz CT molecular complexity index is 359. The molecule has 0 atom stereocenters. The van der Waals surface area contributed by atoms with Gasteiger partial charge in [-0.1, -0.05) is 41.5 Å². The van der Waals surface area contributed by atoms with Crippen LogP contribution >= 0.6 is 0 Å². The van der Waals surface area contributed by atoms with Crippen molar-refractivity contribution < 1.29 is 4.79 Å². The SMILES string of the molecule is CC.CC.CC.CNC(=O)c1ccc(N2CCNCC2)cn1. The molecular weight excluding hydrogens is 276 g/mol. The van der Waals surface area contributed by atoms with Gasteiger partial charge >= 0.3 is 0 Å². The topological polar surface area (TPSA) is 57.3 Å². The average Bonchev–Trinajstić information content (AvgIpc) is 2.67. The molecule has 1 aromatic heterocycles. The predicted molar refractivity (Wildman–Crippen MR) is 96.8 cm³/mol. The Kier molecular flexibility index (Phi) is 16.2. The summed E-state index contributed by atoms with van der Waals surface area (Å²) in [4.78, 5) is 17.7. The highest BCUT2D eigenvalue weighted by molar-refractivity contribution is 5.92. The van der Waals surface area contributed by atoms with Crippen LogP contribution in [-0.2, 0) is 0 Å². The highest BCUT2D eigenvalue weighted by atomic mass is 16.1. The number of aromatic nitrogens is 1. The van der Waals surface area contributed by atoms with Crippen LogP contribution in [0.25, 0.3) is 0 Å². The molecule has 22 heavy (non-hydrogen) atoms. The van der Waals surface area contributed by atoms with Crippen LogP contribution in [-0.4, -0.2) is 44.1 Å². The third-order valence-corrected chi connectivity index (χ3v) is 2.69. The van der Waals surface area contributed by atoms with Gasteiger partial charge in [-0.25, -0.2) is 4.98 Å². The molecule has 2 rings (SSSR count). The first-order valence-electron chi connectivity index (χ1n) is 8.45. The Morgan fingerprint density at radius 3 is 2.05 bits per heavy atom. The normalized spacial score (nSPS) is 12.4. The number of nitrogens with zero attached hydrogens (tertiary/aromatic N) is 2. The van der Waals surface area contributed by atoms with Gasteiger partial charge in [-0.15, -0.1) is 0 Å². The Morgan fingerprint density at radius 2 is 1.64 bits per heavy atom. The van der Waals surface area contributed by atoms with Crippen LogP contribution in [0.1, 0.15) is 52.0 Å². The Morgan fingerprint density at radius 1 is 1.09 bits per heavy atom. The fourth-order valence-electron chi connectivity index (χ4n) is 1.76. The summed E-state index contributed by atoms with van der Waals surface area (Å²) in [6.07, 6.45) is 1.76. The fraction of sp³-hybridized carbons (Fsp3) is 0.647. The number of anilines is 1. The first kappa shape index (κ1) is 22.7. The van der Waals surface area contributed by atoms with Crippen LogP contribution in [0.3, 0.4) is 0 Å². The lowest BCUT2D eigenvalue weighted by molar-refractivity contribution is 0.0958. The molecule has 2 N–H and O–H groups in total. The summed E-state index contributed by atoms with van der Waals surface area (Å²) in [6.45, 7) is 16.0. The van der Waals surface area contributed by atoms with Crippen molar-refractivity contribution in [1.82, 2.24) is 15.6 Å². The van der Waals surface area contributed by atoms with E-state index in [0.717, 1.165) is 31.9 Å². The standard InChI is InChI=1S/C11H16N4O.3C2H6/c1-12-11(16)10-3-2-9(8-14-10)15-6-4-13-5-7-15;3*1-2/h2-3,8,13H,4-7H2,1H3,(H,12,16);3*1-2H3. The van der Waals surface area contributed by atoms with E-state index in [1.54, 1.807) is 19.3 Å².